The van der Waals surface area contributed by atoms with Crippen LogP contribution in [0.4, 0.5) is 5.95 Å². The fourth-order valence-electron chi connectivity index (χ4n) is 4.22. The van der Waals surface area contributed by atoms with Gasteiger partial charge in [0.05, 0.1) is 38.5 Å². The Bertz CT molecular complexity index is 1430. The SMILES string of the molecule is CNc1ncc2cc(-c3cc(OC)cc(OC)c3Cl)c(=O)n(CCOC3CN(C(=O)/C=C/CN(C)C)C3)c2n1. The predicted octanol–water partition coefficient (Wildman–Crippen LogP) is 2.52. The second-order valence-electron chi connectivity index (χ2n) is 9.33. The molecule has 39 heavy (non-hydrogen) atoms. The molecule has 1 N–H and O–H groups in total. The molecule has 1 fully saturated rings. The topological polar surface area (TPSA) is 111 Å². The van der Waals surface area contributed by atoms with Crippen LogP contribution in [0.5, 0.6) is 11.5 Å². The van der Waals surface area contributed by atoms with Crippen LogP contribution in [0.25, 0.3) is 22.2 Å². The zero-order chi connectivity index (χ0) is 28.1. The van der Waals surface area contributed by atoms with Gasteiger partial charge < -0.3 is 29.3 Å². The molecule has 1 aliphatic rings. The van der Waals surface area contributed by atoms with E-state index in [1.807, 2.05) is 25.1 Å². The van der Waals surface area contributed by atoms with Crippen LogP contribution >= 0.6 is 11.6 Å². The largest absolute Gasteiger partial charge is 0.497 e. The van der Waals surface area contributed by atoms with Crippen LogP contribution in [-0.2, 0) is 16.1 Å². The van der Waals surface area contributed by atoms with Crippen molar-refractivity contribution in [3.8, 4) is 22.6 Å². The lowest BCUT2D eigenvalue weighted by Gasteiger charge is -2.38. The van der Waals surface area contributed by atoms with Gasteiger partial charge in [-0.15, -0.1) is 0 Å². The predicted molar refractivity (Wildman–Crippen MR) is 151 cm³/mol. The minimum atomic E-state index is -0.291. The maximum absolute atomic E-state index is 13.8. The average molecular weight is 557 g/mol. The molecule has 0 saturated carbocycles. The number of likely N-dealkylation sites (N-methyl/N-ethyl adjacent to an activating group) is 1. The van der Waals surface area contributed by atoms with Gasteiger partial charge in [-0.1, -0.05) is 17.7 Å². The molecule has 4 rings (SSSR count). The van der Waals surface area contributed by atoms with Crippen LogP contribution in [0, 0.1) is 0 Å². The first-order valence-electron chi connectivity index (χ1n) is 12.5. The maximum atomic E-state index is 13.8. The van der Waals surface area contributed by atoms with Crippen LogP contribution in [-0.4, -0.2) is 97.9 Å². The number of nitrogens with one attached hydrogen (secondary N) is 1. The second kappa shape index (κ2) is 12.5. The van der Waals surface area contributed by atoms with Crippen LogP contribution < -0.4 is 20.3 Å². The Hall–Kier alpha value is -3.67. The van der Waals surface area contributed by atoms with E-state index in [0.29, 0.717) is 64.3 Å². The number of anilines is 1. The van der Waals surface area contributed by atoms with E-state index >= 15 is 0 Å². The summed E-state index contributed by atoms with van der Waals surface area (Å²) in [5.41, 5.74) is 1.01. The highest BCUT2D eigenvalue weighted by Crippen LogP contribution is 2.38. The Labute approximate surface area is 231 Å². The summed E-state index contributed by atoms with van der Waals surface area (Å²) in [6, 6.07) is 5.07. The molecule has 12 heteroatoms. The number of halogens is 1. The number of nitrogens with zero attached hydrogens (tertiary/aromatic N) is 5. The van der Waals surface area contributed by atoms with E-state index in [9.17, 15) is 9.59 Å². The van der Waals surface area contributed by atoms with Gasteiger partial charge in [-0.2, -0.15) is 4.98 Å². The summed E-state index contributed by atoms with van der Waals surface area (Å²) in [6.07, 6.45) is 4.98. The minimum absolute atomic E-state index is 0.0338. The third-order valence-electron chi connectivity index (χ3n) is 6.37. The van der Waals surface area contributed by atoms with E-state index in [-0.39, 0.29) is 30.7 Å². The van der Waals surface area contributed by atoms with E-state index in [2.05, 4.69) is 15.3 Å². The normalized spacial score (nSPS) is 13.8. The zero-order valence-corrected chi connectivity index (χ0v) is 23.5. The van der Waals surface area contributed by atoms with Gasteiger partial charge in [-0.05, 0) is 26.2 Å². The molecular weight excluding hydrogens is 524 g/mol. The summed E-state index contributed by atoms with van der Waals surface area (Å²) in [5.74, 6) is 1.25. The van der Waals surface area contributed by atoms with E-state index < -0.39 is 0 Å². The van der Waals surface area contributed by atoms with Gasteiger partial charge in [0.15, 0.2) is 0 Å². The number of hydrogen-bond acceptors (Lipinski definition) is 9. The minimum Gasteiger partial charge on any atom is -0.497 e. The summed E-state index contributed by atoms with van der Waals surface area (Å²) in [4.78, 5) is 38.6. The summed E-state index contributed by atoms with van der Waals surface area (Å²) in [7, 11) is 8.64. The van der Waals surface area contributed by atoms with Crippen molar-refractivity contribution in [2.45, 2.75) is 12.6 Å². The zero-order valence-electron chi connectivity index (χ0n) is 22.7. The molecule has 0 radical (unpaired) electrons. The Morgan fingerprint density at radius 1 is 1.21 bits per heavy atom. The molecule has 1 saturated heterocycles. The number of hydrogen-bond donors (Lipinski definition) is 1. The first-order chi connectivity index (χ1) is 18.7. The van der Waals surface area contributed by atoms with Gasteiger partial charge in [0.2, 0.25) is 11.9 Å². The van der Waals surface area contributed by atoms with E-state index in [1.165, 1.54) is 14.2 Å². The van der Waals surface area contributed by atoms with Crippen molar-refractivity contribution in [3.63, 3.8) is 0 Å². The molecule has 0 aliphatic carbocycles. The summed E-state index contributed by atoms with van der Waals surface area (Å²) in [5, 5.41) is 3.87. The Morgan fingerprint density at radius 3 is 2.64 bits per heavy atom. The van der Waals surface area contributed by atoms with Crippen molar-refractivity contribution in [1.82, 2.24) is 24.3 Å². The molecule has 2 aromatic heterocycles. The first-order valence-corrected chi connectivity index (χ1v) is 12.9. The number of carbonyl (C=O) groups is 1. The summed E-state index contributed by atoms with van der Waals surface area (Å²) >= 11 is 6.62. The van der Waals surface area contributed by atoms with Crippen LogP contribution in [0.1, 0.15) is 0 Å². The molecule has 0 unspecified atom stereocenters. The molecule has 0 bridgehead atoms. The highest BCUT2D eigenvalue weighted by molar-refractivity contribution is 6.35. The van der Waals surface area contributed by atoms with Gasteiger partial charge in [0.25, 0.3) is 5.56 Å². The van der Waals surface area contributed by atoms with Crippen LogP contribution in [0.2, 0.25) is 5.02 Å². The molecule has 3 heterocycles. The number of methoxy groups -OCH3 is 2. The van der Waals surface area contributed by atoms with E-state index in [0.717, 1.165) is 0 Å². The Kier molecular flexibility index (Phi) is 9.05. The van der Waals surface area contributed by atoms with Crippen LogP contribution in [0.15, 0.2) is 41.3 Å². The first kappa shape index (κ1) is 28.3. The fourth-order valence-corrected chi connectivity index (χ4v) is 4.51. The lowest BCUT2D eigenvalue weighted by molar-refractivity contribution is -0.139. The van der Waals surface area contributed by atoms with Crippen molar-refractivity contribution >= 4 is 34.5 Å². The highest BCUT2D eigenvalue weighted by Gasteiger charge is 2.30. The maximum Gasteiger partial charge on any atom is 0.260 e. The number of fused-ring (bicyclic) bond motifs is 1. The number of rotatable bonds is 11. The fraction of sp³-hybridized carbons (Fsp3) is 0.407. The van der Waals surface area contributed by atoms with Gasteiger partial charge in [0, 0.05) is 61.5 Å². The van der Waals surface area contributed by atoms with Crippen molar-refractivity contribution in [2.24, 2.45) is 0 Å². The molecule has 1 aliphatic heterocycles. The van der Waals surface area contributed by atoms with Gasteiger partial charge in [-0.3, -0.25) is 14.2 Å². The molecular formula is C27H33ClN6O5. The molecule has 11 nitrogen and oxygen atoms in total. The second-order valence-corrected chi connectivity index (χ2v) is 9.71. The monoisotopic (exact) mass is 556 g/mol. The van der Waals surface area contributed by atoms with Crippen molar-refractivity contribution < 1.29 is 19.0 Å². The van der Waals surface area contributed by atoms with Gasteiger partial charge in [-0.25, -0.2) is 4.98 Å². The van der Waals surface area contributed by atoms with Gasteiger partial charge in [0.1, 0.15) is 17.1 Å². The number of benzene rings is 1. The smallest absolute Gasteiger partial charge is 0.260 e. The summed E-state index contributed by atoms with van der Waals surface area (Å²) < 4.78 is 18.3. The number of likely N-dealkylation sites (tertiary alicyclic amines) is 1. The van der Waals surface area contributed by atoms with E-state index in [4.69, 9.17) is 25.8 Å². The average Bonchev–Trinajstić information content (AvgIpc) is 2.90. The number of ether oxygens (including phenoxy) is 3. The lowest BCUT2D eigenvalue weighted by Crippen LogP contribution is -2.54. The molecule has 0 atom stereocenters. The number of pyridine rings is 1. The van der Waals surface area contributed by atoms with Crippen LogP contribution in [0.3, 0.4) is 0 Å². The van der Waals surface area contributed by atoms with Crippen molar-refractivity contribution in [3.05, 3.63) is 51.9 Å². The Balaban J connectivity index is 1.57. The lowest BCUT2D eigenvalue weighted by atomic mass is 10.0. The molecule has 1 amide bonds. The molecule has 0 spiro atoms. The third kappa shape index (κ3) is 6.32. The van der Waals surface area contributed by atoms with Gasteiger partial charge >= 0.3 is 0 Å². The van der Waals surface area contributed by atoms with Crippen molar-refractivity contribution in [1.29, 1.82) is 0 Å². The number of amides is 1. The Morgan fingerprint density at radius 2 is 1.97 bits per heavy atom. The highest BCUT2D eigenvalue weighted by atomic mass is 35.5. The molecule has 3 aromatic rings. The quantitative estimate of drug-likeness (QED) is 0.356. The molecule has 208 valence electrons. The van der Waals surface area contributed by atoms with E-state index in [1.54, 1.807) is 47.0 Å². The molecule has 1 aromatic carbocycles. The summed E-state index contributed by atoms with van der Waals surface area (Å²) in [6.45, 7) is 2.22. The van der Waals surface area contributed by atoms with Crippen molar-refractivity contribution in [2.75, 3.05) is 66.9 Å². The number of aromatic nitrogens is 3. The third-order valence-corrected chi connectivity index (χ3v) is 6.76. The number of carbonyl (C=O) groups excluding carboxylic acids is 1. The standard InChI is InChI=1S/C27H33ClN6O5/c1-29-27-30-14-17-11-21(20-12-18(37-4)13-22(38-5)24(20)28)26(36)34(25(17)31-27)9-10-39-19-15-33(16-19)23(35)7-6-8-32(2)3/h6-7,11-14,19H,8-10,15-16H2,1-5H3,(H,29,30,31)/b7-6+.